The van der Waals surface area contributed by atoms with Gasteiger partial charge in [-0.15, -0.1) is 0 Å². The summed E-state index contributed by atoms with van der Waals surface area (Å²) in [5.74, 6) is 0.0872. The van der Waals surface area contributed by atoms with Crippen LogP contribution in [0.25, 0.3) is 0 Å². The monoisotopic (exact) mass is 250 g/mol. The number of H-pyrrole nitrogens is 1. The number of carbonyl (C=O) groups is 1. The molecule has 0 radical (unpaired) electrons. The molecule has 1 aliphatic rings. The van der Waals surface area contributed by atoms with Gasteiger partial charge in [-0.05, 0) is 39.5 Å². The summed E-state index contributed by atoms with van der Waals surface area (Å²) in [4.78, 5) is 14.4. The Morgan fingerprint density at radius 1 is 1.50 bits per heavy atom. The summed E-state index contributed by atoms with van der Waals surface area (Å²) in [5.41, 5.74) is 7.44. The quantitative estimate of drug-likeness (QED) is 0.852. The third-order valence-electron chi connectivity index (χ3n) is 3.84. The van der Waals surface area contributed by atoms with Crippen molar-refractivity contribution in [3.8, 4) is 0 Å². The van der Waals surface area contributed by atoms with Crippen LogP contribution in [0.4, 0.5) is 0 Å². The Bertz CT molecular complexity index is 407. The van der Waals surface area contributed by atoms with E-state index in [2.05, 4.69) is 10.2 Å². The molecule has 1 heterocycles. The standard InChI is InChI=1S/C13H22N4O/c1-3-17(11-6-4-10(14)5-7-11)13(18)12-8-15-16-9(12)2/h8,10-11H,3-7,14H2,1-2H3,(H,15,16). The molecule has 5 heteroatoms. The maximum absolute atomic E-state index is 12.5. The van der Waals surface area contributed by atoms with E-state index in [0.717, 1.165) is 37.9 Å². The average molecular weight is 250 g/mol. The van der Waals surface area contributed by atoms with E-state index in [0.29, 0.717) is 17.6 Å². The van der Waals surface area contributed by atoms with E-state index >= 15 is 0 Å². The lowest BCUT2D eigenvalue weighted by Crippen LogP contribution is -2.44. The number of nitrogens with zero attached hydrogens (tertiary/aromatic N) is 2. The van der Waals surface area contributed by atoms with Crippen LogP contribution >= 0.6 is 0 Å². The van der Waals surface area contributed by atoms with Crippen LogP contribution < -0.4 is 5.73 Å². The zero-order valence-electron chi connectivity index (χ0n) is 11.1. The van der Waals surface area contributed by atoms with Crippen molar-refractivity contribution in [2.75, 3.05) is 6.54 Å². The van der Waals surface area contributed by atoms with E-state index in [1.807, 2.05) is 18.7 Å². The minimum atomic E-state index is 0.0872. The molecule has 0 bridgehead atoms. The van der Waals surface area contributed by atoms with Crippen LogP contribution in [0.3, 0.4) is 0 Å². The van der Waals surface area contributed by atoms with E-state index in [1.54, 1.807) is 6.20 Å². The first-order valence-corrected chi connectivity index (χ1v) is 6.70. The maximum Gasteiger partial charge on any atom is 0.257 e. The minimum absolute atomic E-state index is 0.0872. The Balaban J connectivity index is 2.09. The highest BCUT2D eigenvalue weighted by atomic mass is 16.2. The van der Waals surface area contributed by atoms with Gasteiger partial charge < -0.3 is 10.6 Å². The molecule has 0 unspecified atom stereocenters. The fourth-order valence-electron chi connectivity index (χ4n) is 2.70. The third-order valence-corrected chi connectivity index (χ3v) is 3.84. The maximum atomic E-state index is 12.5. The van der Waals surface area contributed by atoms with Gasteiger partial charge >= 0.3 is 0 Å². The molecule has 1 fully saturated rings. The predicted octanol–water partition coefficient (Wildman–Crippen LogP) is 1.45. The topological polar surface area (TPSA) is 75.0 Å². The van der Waals surface area contributed by atoms with Crippen molar-refractivity contribution >= 4 is 5.91 Å². The molecular formula is C13H22N4O. The summed E-state index contributed by atoms with van der Waals surface area (Å²) in [6.45, 7) is 4.65. The van der Waals surface area contributed by atoms with E-state index in [4.69, 9.17) is 5.73 Å². The summed E-state index contributed by atoms with van der Waals surface area (Å²) in [6.07, 6.45) is 5.67. The molecule has 1 aromatic heterocycles. The van der Waals surface area contributed by atoms with Crippen molar-refractivity contribution in [1.29, 1.82) is 0 Å². The van der Waals surface area contributed by atoms with Crippen molar-refractivity contribution < 1.29 is 4.79 Å². The number of aryl methyl sites for hydroxylation is 1. The number of hydrogen-bond acceptors (Lipinski definition) is 3. The van der Waals surface area contributed by atoms with Crippen molar-refractivity contribution in [3.05, 3.63) is 17.5 Å². The Morgan fingerprint density at radius 2 is 2.17 bits per heavy atom. The molecule has 1 aromatic rings. The second-order valence-corrected chi connectivity index (χ2v) is 5.07. The van der Waals surface area contributed by atoms with E-state index < -0.39 is 0 Å². The van der Waals surface area contributed by atoms with Gasteiger partial charge in [0, 0.05) is 24.3 Å². The van der Waals surface area contributed by atoms with Crippen LogP contribution in [0.15, 0.2) is 6.20 Å². The molecule has 0 spiro atoms. The van der Waals surface area contributed by atoms with Crippen molar-refractivity contribution in [2.24, 2.45) is 5.73 Å². The van der Waals surface area contributed by atoms with E-state index in [-0.39, 0.29) is 5.91 Å². The smallest absolute Gasteiger partial charge is 0.257 e. The van der Waals surface area contributed by atoms with E-state index in [9.17, 15) is 4.79 Å². The van der Waals surface area contributed by atoms with Crippen LogP contribution in [-0.2, 0) is 0 Å². The fraction of sp³-hybridized carbons (Fsp3) is 0.692. The number of nitrogens with two attached hydrogens (primary N) is 1. The van der Waals surface area contributed by atoms with Crippen LogP contribution in [0.1, 0.15) is 48.7 Å². The Hall–Kier alpha value is -1.36. The Labute approximate surface area is 108 Å². The summed E-state index contributed by atoms with van der Waals surface area (Å²) in [7, 11) is 0. The lowest BCUT2D eigenvalue weighted by Gasteiger charge is -2.35. The SMILES string of the molecule is CCN(C(=O)c1cn[nH]c1C)C1CCC(N)CC1. The molecule has 5 nitrogen and oxygen atoms in total. The van der Waals surface area contributed by atoms with Gasteiger partial charge in [-0.3, -0.25) is 9.89 Å². The molecule has 100 valence electrons. The largest absolute Gasteiger partial charge is 0.336 e. The second kappa shape index (κ2) is 5.52. The zero-order valence-corrected chi connectivity index (χ0v) is 11.1. The number of aromatic amines is 1. The number of rotatable bonds is 3. The van der Waals surface area contributed by atoms with Gasteiger partial charge in [-0.25, -0.2) is 0 Å². The van der Waals surface area contributed by atoms with Crippen LogP contribution in [0.2, 0.25) is 0 Å². The van der Waals surface area contributed by atoms with Gasteiger partial charge in [0.15, 0.2) is 0 Å². The highest BCUT2D eigenvalue weighted by Crippen LogP contribution is 2.23. The van der Waals surface area contributed by atoms with Crippen LogP contribution in [-0.4, -0.2) is 39.6 Å². The molecule has 1 saturated carbocycles. The number of hydrogen-bond donors (Lipinski definition) is 2. The Kier molecular flexibility index (Phi) is 4.01. The number of aromatic nitrogens is 2. The first kappa shape index (κ1) is 13.1. The van der Waals surface area contributed by atoms with E-state index in [1.165, 1.54) is 0 Å². The summed E-state index contributed by atoms with van der Waals surface area (Å²) < 4.78 is 0. The first-order valence-electron chi connectivity index (χ1n) is 6.70. The third kappa shape index (κ3) is 2.56. The zero-order chi connectivity index (χ0) is 13.1. The van der Waals surface area contributed by atoms with Crippen molar-refractivity contribution in [2.45, 2.75) is 51.6 Å². The molecule has 1 amide bonds. The normalized spacial score (nSPS) is 23.9. The van der Waals surface area contributed by atoms with Crippen molar-refractivity contribution in [3.63, 3.8) is 0 Å². The molecule has 3 N–H and O–H groups in total. The van der Waals surface area contributed by atoms with Crippen LogP contribution in [0.5, 0.6) is 0 Å². The van der Waals surface area contributed by atoms with Gasteiger partial charge in [0.1, 0.15) is 0 Å². The van der Waals surface area contributed by atoms with Gasteiger partial charge in [0.2, 0.25) is 0 Å². The average Bonchev–Trinajstić information content (AvgIpc) is 2.78. The molecule has 2 rings (SSSR count). The first-order chi connectivity index (χ1) is 8.63. The lowest BCUT2D eigenvalue weighted by molar-refractivity contribution is 0.0640. The fourth-order valence-corrected chi connectivity index (χ4v) is 2.70. The van der Waals surface area contributed by atoms with Gasteiger partial charge in [-0.2, -0.15) is 5.10 Å². The molecular weight excluding hydrogens is 228 g/mol. The highest BCUT2D eigenvalue weighted by molar-refractivity contribution is 5.95. The van der Waals surface area contributed by atoms with Gasteiger partial charge in [0.25, 0.3) is 5.91 Å². The lowest BCUT2D eigenvalue weighted by atomic mass is 9.90. The summed E-state index contributed by atoms with van der Waals surface area (Å²) in [6, 6.07) is 0.641. The number of nitrogens with one attached hydrogen (secondary N) is 1. The van der Waals surface area contributed by atoms with Crippen LogP contribution in [0, 0.1) is 6.92 Å². The molecule has 0 aliphatic heterocycles. The second-order valence-electron chi connectivity index (χ2n) is 5.07. The highest BCUT2D eigenvalue weighted by Gasteiger charge is 2.28. The summed E-state index contributed by atoms with van der Waals surface area (Å²) >= 11 is 0. The molecule has 18 heavy (non-hydrogen) atoms. The predicted molar refractivity (Wildman–Crippen MR) is 70.3 cm³/mol. The van der Waals surface area contributed by atoms with Gasteiger partial charge in [-0.1, -0.05) is 0 Å². The number of carbonyl (C=O) groups excluding carboxylic acids is 1. The van der Waals surface area contributed by atoms with Gasteiger partial charge in [0.05, 0.1) is 11.8 Å². The molecule has 1 aliphatic carbocycles. The summed E-state index contributed by atoms with van der Waals surface area (Å²) in [5, 5.41) is 6.75. The molecule has 0 atom stereocenters. The molecule has 0 aromatic carbocycles. The molecule has 0 saturated heterocycles. The van der Waals surface area contributed by atoms with Crippen molar-refractivity contribution in [1.82, 2.24) is 15.1 Å². The number of amides is 1. The Morgan fingerprint density at radius 3 is 2.67 bits per heavy atom. The minimum Gasteiger partial charge on any atom is -0.336 e.